The minimum atomic E-state index is 0.298. The van der Waals surface area contributed by atoms with Crippen LogP contribution in [0.3, 0.4) is 0 Å². The maximum Gasteiger partial charge on any atom is 0.0408 e. The van der Waals surface area contributed by atoms with Gasteiger partial charge in [0.05, 0.1) is 0 Å². The summed E-state index contributed by atoms with van der Waals surface area (Å²) in [5.74, 6) is 0.298. The lowest BCUT2D eigenvalue weighted by atomic mass is 9.80. The Kier molecular flexibility index (Phi) is 7.73. The van der Waals surface area contributed by atoms with Gasteiger partial charge in [-0.2, -0.15) is 0 Å². The van der Waals surface area contributed by atoms with Gasteiger partial charge >= 0.3 is 0 Å². The Hall–Kier alpha value is -5.66. The van der Waals surface area contributed by atoms with Crippen molar-refractivity contribution in [2.24, 2.45) is 0 Å². The summed E-state index contributed by atoms with van der Waals surface area (Å²) < 4.78 is 0. The molecule has 1 atom stereocenters. The molecule has 0 aliphatic heterocycles. The number of benzene rings is 7. The van der Waals surface area contributed by atoms with Crippen LogP contribution >= 0.6 is 0 Å². The zero-order valence-electron chi connectivity index (χ0n) is 26.7. The standard InChI is InChI=1S/C46H37N/c1-47(40-14-6-3-7-15-40)41-30-27-36(28-31-41)35-21-23-38(24-22-35)43-17-10-18-45-42-16-9-8-13-37(42)29-32-44(46(43)45)39-25-19-34(20-26-39)33-11-4-2-5-12-33/h2-28,30-31,44H,29,32H2,1H3. The van der Waals surface area contributed by atoms with Crippen molar-refractivity contribution in [1.29, 1.82) is 0 Å². The quantitative estimate of drug-likeness (QED) is 0.183. The molecule has 1 heteroatoms. The van der Waals surface area contributed by atoms with Gasteiger partial charge in [0.25, 0.3) is 0 Å². The Morgan fingerprint density at radius 3 is 1.60 bits per heavy atom. The van der Waals surface area contributed by atoms with Crippen LogP contribution in [0.15, 0.2) is 176 Å². The second kappa shape index (κ2) is 12.6. The number of hydrogen-bond acceptors (Lipinski definition) is 1. The third-order valence-corrected chi connectivity index (χ3v) is 9.81. The minimum absolute atomic E-state index is 0.298. The van der Waals surface area contributed by atoms with E-state index in [2.05, 4.69) is 188 Å². The third kappa shape index (κ3) is 5.66. The first-order valence-electron chi connectivity index (χ1n) is 16.6. The fraction of sp³-hybridized carbons (Fsp3) is 0.0870. The lowest BCUT2D eigenvalue weighted by Gasteiger charge is -2.23. The van der Waals surface area contributed by atoms with Crippen LogP contribution in [-0.4, -0.2) is 7.05 Å². The van der Waals surface area contributed by atoms with Crippen LogP contribution < -0.4 is 4.90 Å². The van der Waals surface area contributed by atoms with Crippen molar-refractivity contribution in [2.75, 3.05) is 11.9 Å². The predicted octanol–water partition coefficient (Wildman–Crippen LogP) is 12.2. The van der Waals surface area contributed by atoms with Gasteiger partial charge in [-0.05, 0) is 98.3 Å². The van der Waals surface area contributed by atoms with Crippen molar-refractivity contribution in [1.82, 2.24) is 0 Å². The van der Waals surface area contributed by atoms with Crippen molar-refractivity contribution in [2.45, 2.75) is 18.8 Å². The molecular formula is C46H37N. The minimum Gasteiger partial charge on any atom is -0.345 e. The molecule has 1 aliphatic rings. The molecular weight excluding hydrogens is 567 g/mol. The fourth-order valence-electron chi connectivity index (χ4n) is 7.26. The Morgan fingerprint density at radius 1 is 0.404 bits per heavy atom. The van der Waals surface area contributed by atoms with Gasteiger partial charge in [0.1, 0.15) is 0 Å². The molecule has 0 bridgehead atoms. The molecule has 0 N–H and O–H groups in total. The highest BCUT2D eigenvalue weighted by atomic mass is 15.1. The van der Waals surface area contributed by atoms with E-state index in [1.54, 1.807) is 0 Å². The van der Waals surface area contributed by atoms with Gasteiger partial charge in [-0.1, -0.05) is 152 Å². The molecule has 0 saturated carbocycles. The van der Waals surface area contributed by atoms with Gasteiger partial charge in [-0.3, -0.25) is 0 Å². The van der Waals surface area contributed by atoms with Crippen LogP contribution in [0.4, 0.5) is 11.4 Å². The highest BCUT2D eigenvalue weighted by molar-refractivity contribution is 5.83. The normalized spacial score (nSPS) is 13.7. The first-order chi connectivity index (χ1) is 23.2. The van der Waals surface area contributed by atoms with E-state index in [1.165, 1.54) is 72.6 Å². The van der Waals surface area contributed by atoms with Crippen LogP contribution in [0.25, 0.3) is 44.5 Å². The highest BCUT2D eigenvalue weighted by Gasteiger charge is 2.26. The summed E-state index contributed by atoms with van der Waals surface area (Å²) in [7, 11) is 2.12. The van der Waals surface area contributed by atoms with E-state index in [0.29, 0.717) is 5.92 Å². The number of fused-ring (bicyclic) bond motifs is 3. The van der Waals surface area contributed by atoms with Gasteiger partial charge in [0.2, 0.25) is 0 Å². The zero-order valence-corrected chi connectivity index (χ0v) is 26.7. The lowest BCUT2D eigenvalue weighted by molar-refractivity contribution is 0.727. The molecule has 0 aromatic heterocycles. The number of para-hydroxylation sites is 1. The van der Waals surface area contributed by atoms with Gasteiger partial charge in [0.15, 0.2) is 0 Å². The van der Waals surface area contributed by atoms with Crippen molar-refractivity contribution in [3.05, 3.63) is 193 Å². The molecule has 7 aromatic carbocycles. The first kappa shape index (κ1) is 28.8. The SMILES string of the molecule is CN(c1ccccc1)c1ccc(-c2ccc(-c3cccc4c3C(c3ccc(-c5ccccc5)cc3)CCc3ccccc3-4)cc2)cc1. The van der Waals surface area contributed by atoms with Crippen LogP contribution in [0.5, 0.6) is 0 Å². The van der Waals surface area contributed by atoms with Crippen LogP contribution in [0, 0.1) is 0 Å². The molecule has 0 radical (unpaired) electrons. The lowest BCUT2D eigenvalue weighted by Crippen LogP contribution is -2.08. The molecule has 1 aliphatic carbocycles. The summed E-state index contributed by atoms with van der Waals surface area (Å²) in [6.45, 7) is 0. The maximum absolute atomic E-state index is 2.35. The average Bonchev–Trinajstić information content (AvgIpc) is 3.33. The summed E-state index contributed by atoms with van der Waals surface area (Å²) >= 11 is 0. The van der Waals surface area contributed by atoms with E-state index in [9.17, 15) is 0 Å². The molecule has 0 heterocycles. The maximum atomic E-state index is 2.35. The van der Waals surface area contributed by atoms with Crippen molar-refractivity contribution < 1.29 is 0 Å². The van der Waals surface area contributed by atoms with Crippen molar-refractivity contribution >= 4 is 11.4 Å². The highest BCUT2D eigenvalue weighted by Crippen LogP contribution is 2.46. The molecule has 0 fully saturated rings. The molecule has 0 spiro atoms. The molecule has 226 valence electrons. The molecule has 8 rings (SSSR count). The summed E-state index contributed by atoms with van der Waals surface area (Å²) in [4.78, 5) is 2.22. The van der Waals surface area contributed by atoms with Gasteiger partial charge in [-0.15, -0.1) is 0 Å². The summed E-state index contributed by atoms with van der Waals surface area (Å²) in [5, 5.41) is 0. The smallest absolute Gasteiger partial charge is 0.0408 e. The van der Waals surface area contributed by atoms with Crippen LogP contribution in [0.2, 0.25) is 0 Å². The second-order valence-corrected chi connectivity index (χ2v) is 12.5. The zero-order chi connectivity index (χ0) is 31.6. The van der Waals surface area contributed by atoms with E-state index in [4.69, 9.17) is 0 Å². The Labute approximate surface area is 278 Å². The largest absolute Gasteiger partial charge is 0.345 e. The average molecular weight is 604 g/mol. The Balaban J connectivity index is 1.15. The number of aryl methyl sites for hydroxylation is 1. The van der Waals surface area contributed by atoms with Crippen molar-refractivity contribution in [3.8, 4) is 44.5 Å². The molecule has 7 aromatic rings. The number of rotatable bonds is 6. The van der Waals surface area contributed by atoms with E-state index in [-0.39, 0.29) is 0 Å². The molecule has 47 heavy (non-hydrogen) atoms. The number of nitrogens with zero attached hydrogens (tertiary/aromatic N) is 1. The second-order valence-electron chi connectivity index (χ2n) is 12.5. The van der Waals surface area contributed by atoms with E-state index in [1.807, 2.05) is 0 Å². The Morgan fingerprint density at radius 2 is 0.894 bits per heavy atom. The van der Waals surface area contributed by atoms with Gasteiger partial charge < -0.3 is 4.90 Å². The summed E-state index contributed by atoms with van der Waals surface area (Å²) in [6, 6.07) is 64.4. The Bertz CT molecular complexity index is 2110. The summed E-state index contributed by atoms with van der Waals surface area (Å²) in [6.07, 6.45) is 2.14. The van der Waals surface area contributed by atoms with Gasteiger partial charge in [0, 0.05) is 24.3 Å². The van der Waals surface area contributed by atoms with E-state index in [0.717, 1.165) is 12.8 Å². The molecule has 0 saturated heterocycles. The van der Waals surface area contributed by atoms with E-state index < -0.39 is 0 Å². The third-order valence-electron chi connectivity index (χ3n) is 9.81. The summed E-state index contributed by atoms with van der Waals surface area (Å²) in [5.41, 5.74) is 16.9. The predicted molar refractivity (Wildman–Crippen MR) is 199 cm³/mol. The van der Waals surface area contributed by atoms with Crippen LogP contribution in [-0.2, 0) is 6.42 Å². The van der Waals surface area contributed by atoms with Crippen LogP contribution in [0.1, 0.15) is 29.0 Å². The molecule has 1 nitrogen and oxygen atoms in total. The van der Waals surface area contributed by atoms with E-state index >= 15 is 0 Å². The fourth-order valence-corrected chi connectivity index (χ4v) is 7.26. The monoisotopic (exact) mass is 603 g/mol. The first-order valence-corrected chi connectivity index (χ1v) is 16.6. The number of hydrogen-bond donors (Lipinski definition) is 0. The van der Waals surface area contributed by atoms with Crippen molar-refractivity contribution in [3.63, 3.8) is 0 Å². The van der Waals surface area contributed by atoms with Gasteiger partial charge in [-0.25, -0.2) is 0 Å². The molecule has 0 amide bonds. The molecule has 1 unspecified atom stereocenters. The topological polar surface area (TPSA) is 3.24 Å². The number of anilines is 2.